The molecule has 2 aromatic carbocycles. The van der Waals surface area contributed by atoms with Crippen molar-refractivity contribution in [3.8, 4) is 0 Å². The molecular weight excluding hydrogens is 314 g/mol. The molecule has 1 unspecified atom stereocenters. The zero-order chi connectivity index (χ0) is 18.3. The summed E-state index contributed by atoms with van der Waals surface area (Å²) < 4.78 is 5.47. The molecule has 4 nitrogen and oxygen atoms in total. The molecule has 1 amide bonds. The van der Waals surface area contributed by atoms with E-state index in [4.69, 9.17) is 4.74 Å². The lowest BCUT2D eigenvalue weighted by molar-refractivity contribution is -0.158. The van der Waals surface area contributed by atoms with Crippen LogP contribution in [-0.4, -0.2) is 23.5 Å². The Hall–Kier alpha value is -2.62. The number of hydrogen-bond acceptors (Lipinski definition) is 3. The van der Waals surface area contributed by atoms with Crippen LogP contribution in [0.2, 0.25) is 0 Å². The molecule has 2 rings (SSSR count). The zero-order valence-corrected chi connectivity index (χ0v) is 15.0. The fraction of sp³-hybridized carbons (Fsp3) is 0.333. The summed E-state index contributed by atoms with van der Waals surface area (Å²) in [5.41, 5.74) is 1.27. The summed E-state index contributed by atoms with van der Waals surface area (Å²) in [6.45, 7) is 5.45. The fourth-order valence-corrected chi connectivity index (χ4v) is 2.44. The maximum Gasteiger partial charge on any atom is 0.329 e. The Labute approximate surface area is 149 Å². The smallest absolute Gasteiger partial charge is 0.329 e. The first-order valence-electron chi connectivity index (χ1n) is 8.43. The number of carbonyl (C=O) groups excluding carboxylic acids is 2. The van der Waals surface area contributed by atoms with E-state index in [1.54, 1.807) is 0 Å². The molecule has 0 fully saturated rings. The second kappa shape index (κ2) is 8.47. The van der Waals surface area contributed by atoms with Gasteiger partial charge in [0.1, 0.15) is 11.6 Å². The maximum atomic E-state index is 12.5. The van der Waals surface area contributed by atoms with Crippen LogP contribution in [0.4, 0.5) is 0 Å². The molecule has 4 heteroatoms. The monoisotopic (exact) mass is 339 g/mol. The van der Waals surface area contributed by atoms with E-state index in [1.807, 2.05) is 81.4 Å². The third-order valence-corrected chi connectivity index (χ3v) is 3.52. The van der Waals surface area contributed by atoms with Crippen LogP contribution in [-0.2, 0) is 27.2 Å². The Balaban J connectivity index is 2.07. The number of esters is 1. The Morgan fingerprint density at radius 2 is 1.44 bits per heavy atom. The summed E-state index contributed by atoms with van der Waals surface area (Å²) in [6.07, 6.45) is 0.630. The van der Waals surface area contributed by atoms with Gasteiger partial charge in [-0.2, -0.15) is 0 Å². The third kappa shape index (κ3) is 6.79. The Morgan fingerprint density at radius 1 is 0.920 bits per heavy atom. The fourth-order valence-electron chi connectivity index (χ4n) is 2.44. The molecule has 0 radical (unpaired) electrons. The molecule has 0 aliphatic heterocycles. The van der Waals surface area contributed by atoms with Gasteiger partial charge in [0, 0.05) is 6.42 Å². The number of rotatable bonds is 6. The normalized spacial score (nSPS) is 12.3. The van der Waals surface area contributed by atoms with Crippen molar-refractivity contribution >= 4 is 11.9 Å². The van der Waals surface area contributed by atoms with Gasteiger partial charge in [0.25, 0.3) is 0 Å². The summed E-state index contributed by atoms with van der Waals surface area (Å²) in [6, 6.07) is 18.3. The number of amides is 1. The molecule has 0 aromatic heterocycles. The number of carbonyl (C=O) groups is 2. The molecular formula is C21H25NO3. The molecule has 0 saturated heterocycles. The van der Waals surface area contributed by atoms with Gasteiger partial charge in [-0.3, -0.25) is 4.79 Å². The van der Waals surface area contributed by atoms with Crippen LogP contribution in [0.25, 0.3) is 0 Å². The van der Waals surface area contributed by atoms with E-state index in [9.17, 15) is 9.59 Å². The van der Waals surface area contributed by atoms with Crippen molar-refractivity contribution in [1.82, 2.24) is 5.32 Å². The van der Waals surface area contributed by atoms with Gasteiger partial charge >= 0.3 is 5.97 Å². The molecule has 1 atom stereocenters. The van der Waals surface area contributed by atoms with E-state index < -0.39 is 17.6 Å². The second-order valence-corrected chi connectivity index (χ2v) is 7.01. The molecule has 0 heterocycles. The summed E-state index contributed by atoms with van der Waals surface area (Å²) in [7, 11) is 0. The number of ether oxygens (including phenoxy) is 1. The average molecular weight is 339 g/mol. The van der Waals surface area contributed by atoms with Crippen molar-refractivity contribution in [3.05, 3.63) is 71.8 Å². The summed E-state index contributed by atoms with van der Waals surface area (Å²) in [5.74, 6) is -0.615. The van der Waals surface area contributed by atoms with Crippen molar-refractivity contribution in [1.29, 1.82) is 0 Å². The average Bonchev–Trinajstić information content (AvgIpc) is 2.54. The molecule has 0 spiro atoms. The Kier molecular flexibility index (Phi) is 6.34. The van der Waals surface area contributed by atoms with Gasteiger partial charge in [0.05, 0.1) is 6.42 Å². The van der Waals surface area contributed by atoms with E-state index in [0.717, 1.165) is 11.1 Å². The number of nitrogens with one attached hydrogen (secondary N) is 1. The first-order chi connectivity index (χ1) is 11.8. The highest BCUT2D eigenvalue weighted by Crippen LogP contribution is 2.12. The Bertz CT molecular complexity index is 690. The lowest BCUT2D eigenvalue weighted by Crippen LogP contribution is -2.46. The highest BCUT2D eigenvalue weighted by molar-refractivity contribution is 5.86. The highest BCUT2D eigenvalue weighted by Gasteiger charge is 2.26. The van der Waals surface area contributed by atoms with Crippen molar-refractivity contribution in [2.75, 3.05) is 0 Å². The molecule has 2 aromatic rings. The van der Waals surface area contributed by atoms with Gasteiger partial charge in [-0.15, -0.1) is 0 Å². The van der Waals surface area contributed by atoms with Crippen LogP contribution in [0.3, 0.4) is 0 Å². The van der Waals surface area contributed by atoms with Gasteiger partial charge in [-0.1, -0.05) is 60.7 Å². The first kappa shape index (κ1) is 18.7. The number of hydrogen-bond donors (Lipinski definition) is 1. The second-order valence-electron chi connectivity index (χ2n) is 7.01. The largest absolute Gasteiger partial charge is 0.458 e. The molecule has 0 aliphatic carbocycles. The van der Waals surface area contributed by atoms with Crippen LogP contribution >= 0.6 is 0 Å². The summed E-state index contributed by atoms with van der Waals surface area (Å²) in [4.78, 5) is 24.9. The molecule has 0 saturated carbocycles. The Morgan fingerprint density at radius 3 is 1.96 bits per heavy atom. The van der Waals surface area contributed by atoms with E-state index in [2.05, 4.69) is 5.32 Å². The third-order valence-electron chi connectivity index (χ3n) is 3.52. The van der Waals surface area contributed by atoms with Crippen molar-refractivity contribution < 1.29 is 14.3 Å². The maximum absolute atomic E-state index is 12.5. The van der Waals surface area contributed by atoms with Gasteiger partial charge in [-0.05, 0) is 31.9 Å². The standard InChI is InChI=1S/C21H25NO3/c1-21(2,3)25-20(24)18(14-16-10-6-4-7-11-16)22-19(23)15-17-12-8-5-9-13-17/h4-13,18H,14-15H2,1-3H3,(H,22,23). The first-order valence-corrected chi connectivity index (χ1v) is 8.43. The van der Waals surface area contributed by atoms with Crippen molar-refractivity contribution in [3.63, 3.8) is 0 Å². The van der Waals surface area contributed by atoms with Crippen molar-refractivity contribution in [2.45, 2.75) is 45.3 Å². The minimum atomic E-state index is -0.710. The van der Waals surface area contributed by atoms with Crippen LogP contribution < -0.4 is 5.32 Å². The highest BCUT2D eigenvalue weighted by atomic mass is 16.6. The summed E-state index contributed by atoms with van der Waals surface area (Å²) >= 11 is 0. The van der Waals surface area contributed by atoms with E-state index >= 15 is 0 Å². The lowest BCUT2D eigenvalue weighted by atomic mass is 10.0. The van der Waals surface area contributed by atoms with Crippen LogP contribution in [0.5, 0.6) is 0 Å². The number of benzene rings is 2. The van der Waals surface area contributed by atoms with Gasteiger partial charge < -0.3 is 10.1 Å². The quantitative estimate of drug-likeness (QED) is 0.822. The molecule has 132 valence electrons. The molecule has 0 bridgehead atoms. The molecule has 0 aliphatic rings. The predicted octanol–water partition coefficient (Wildman–Crippen LogP) is 3.30. The van der Waals surface area contributed by atoms with Crippen LogP contribution in [0, 0.1) is 0 Å². The van der Waals surface area contributed by atoms with Crippen molar-refractivity contribution in [2.24, 2.45) is 0 Å². The SMILES string of the molecule is CC(C)(C)OC(=O)C(Cc1ccccc1)NC(=O)Cc1ccccc1. The predicted molar refractivity (Wildman–Crippen MR) is 98.1 cm³/mol. The minimum Gasteiger partial charge on any atom is -0.458 e. The summed E-state index contributed by atoms with van der Waals surface area (Å²) in [5, 5.41) is 2.82. The van der Waals surface area contributed by atoms with Gasteiger partial charge in [0.2, 0.25) is 5.91 Å². The van der Waals surface area contributed by atoms with Crippen LogP contribution in [0.1, 0.15) is 31.9 Å². The molecule has 25 heavy (non-hydrogen) atoms. The van der Waals surface area contributed by atoms with E-state index in [0.29, 0.717) is 6.42 Å². The van der Waals surface area contributed by atoms with Crippen LogP contribution in [0.15, 0.2) is 60.7 Å². The lowest BCUT2D eigenvalue weighted by Gasteiger charge is -2.24. The van der Waals surface area contributed by atoms with Gasteiger partial charge in [0.15, 0.2) is 0 Å². The molecule has 1 N–H and O–H groups in total. The van der Waals surface area contributed by atoms with E-state index in [1.165, 1.54) is 0 Å². The minimum absolute atomic E-state index is 0.196. The van der Waals surface area contributed by atoms with E-state index in [-0.39, 0.29) is 12.3 Å². The van der Waals surface area contributed by atoms with Gasteiger partial charge in [-0.25, -0.2) is 4.79 Å². The topological polar surface area (TPSA) is 55.4 Å². The zero-order valence-electron chi connectivity index (χ0n) is 15.0.